The third-order valence-corrected chi connectivity index (χ3v) is 1.78. The van der Waals surface area contributed by atoms with Crippen molar-refractivity contribution in [2.24, 2.45) is 0 Å². The second-order valence-electron chi connectivity index (χ2n) is 2.36. The number of nitrogens with zero attached hydrogens (tertiary/aromatic N) is 1. The van der Waals surface area contributed by atoms with E-state index in [0.717, 1.165) is 19.1 Å². The van der Waals surface area contributed by atoms with Crippen molar-refractivity contribution in [1.82, 2.24) is 10.6 Å². The Kier molecular flexibility index (Phi) is 0.664. The molecule has 39 valence electrons. The molecule has 2 aliphatic rings. The summed E-state index contributed by atoms with van der Waals surface area (Å²) in [5.41, 5.74) is 0. The van der Waals surface area contributed by atoms with E-state index in [-0.39, 0.29) is 0 Å². The number of piperazine rings is 1. The summed E-state index contributed by atoms with van der Waals surface area (Å²) < 4.78 is 0. The zero-order valence-electron chi connectivity index (χ0n) is 4.22. The minimum absolute atomic E-state index is 0.685. The zero-order valence-corrected chi connectivity index (χ0v) is 4.22. The first-order valence-electron chi connectivity index (χ1n) is 2.85. The van der Waals surface area contributed by atoms with Gasteiger partial charge in [-0.05, 0) is 6.42 Å². The summed E-state index contributed by atoms with van der Waals surface area (Å²) in [5, 5.41) is 7.70. The van der Waals surface area contributed by atoms with Crippen LogP contribution in [0.15, 0.2) is 0 Å². The van der Waals surface area contributed by atoms with E-state index in [9.17, 15) is 0 Å². The normalized spacial score (nSPS) is 48.0. The lowest BCUT2D eigenvalue weighted by Gasteiger charge is -2.08. The fourth-order valence-electron chi connectivity index (χ4n) is 1.35. The smallest absolute Gasteiger partial charge is 0.0386 e. The van der Waals surface area contributed by atoms with E-state index < -0.39 is 0 Å². The van der Waals surface area contributed by atoms with Gasteiger partial charge in [-0.3, -0.25) is 0 Å². The molecule has 0 aromatic rings. The molecule has 0 spiro atoms. The van der Waals surface area contributed by atoms with Gasteiger partial charge in [-0.2, -0.15) is 0 Å². The minimum Gasteiger partial charge on any atom is -0.311 e. The number of nitrogens with one attached hydrogen (secondary N) is 1. The SMILES string of the molecule is C1N[C@@H]2C[N][C@H]1C2. The molecule has 1 N–H and O–H groups in total. The first-order valence-corrected chi connectivity index (χ1v) is 2.85. The van der Waals surface area contributed by atoms with Crippen LogP contribution in [0.5, 0.6) is 0 Å². The van der Waals surface area contributed by atoms with E-state index in [1.807, 2.05) is 0 Å². The van der Waals surface area contributed by atoms with E-state index in [1.54, 1.807) is 0 Å². The Morgan fingerprint density at radius 2 is 2.57 bits per heavy atom. The summed E-state index contributed by atoms with van der Waals surface area (Å²) >= 11 is 0. The summed E-state index contributed by atoms with van der Waals surface area (Å²) in [6.45, 7) is 2.22. The van der Waals surface area contributed by atoms with Crippen molar-refractivity contribution >= 4 is 0 Å². The summed E-state index contributed by atoms with van der Waals surface area (Å²) in [6.07, 6.45) is 1.31. The van der Waals surface area contributed by atoms with Crippen LogP contribution in [0.3, 0.4) is 0 Å². The molecular formula is C5H9N2. The van der Waals surface area contributed by atoms with E-state index >= 15 is 0 Å². The third-order valence-electron chi connectivity index (χ3n) is 1.78. The molecule has 1 radical (unpaired) electrons. The number of rotatable bonds is 0. The molecule has 0 aliphatic carbocycles. The van der Waals surface area contributed by atoms with Crippen molar-refractivity contribution in [3.05, 3.63) is 0 Å². The maximum absolute atomic E-state index is 4.34. The fraction of sp³-hybridized carbons (Fsp3) is 1.00. The van der Waals surface area contributed by atoms with Crippen molar-refractivity contribution in [3.8, 4) is 0 Å². The van der Waals surface area contributed by atoms with E-state index in [4.69, 9.17) is 0 Å². The van der Waals surface area contributed by atoms with E-state index in [2.05, 4.69) is 10.6 Å². The van der Waals surface area contributed by atoms with Crippen molar-refractivity contribution in [3.63, 3.8) is 0 Å². The second-order valence-corrected chi connectivity index (χ2v) is 2.36. The van der Waals surface area contributed by atoms with Gasteiger partial charge in [0.05, 0.1) is 0 Å². The molecule has 0 unspecified atom stereocenters. The molecule has 2 fully saturated rings. The zero-order chi connectivity index (χ0) is 4.69. The van der Waals surface area contributed by atoms with Crippen LogP contribution in [0.1, 0.15) is 6.42 Å². The molecule has 0 aromatic carbocycles. The van der Waals surface area contributed by atoms with Gasteiger partial charge in [0.15, 0.2) is 0 Å². The van der Waals surface area contributed by atoms with Gasteiger partial charge >= 0.3 is 0 Å². The average molecular weight is 97.1 g/mol. The number of fused-ring (bicyclic) bond motifs is 2. The first kappa shape index (κ1) is 3.87. The summed E-state index contributed by atoms with van der Waals surface area (Å²) in [4.78, 5) is 0. The standard InChI is InChI=1S/C5H9N2/c1-4-2-6-5(1)3-7-4/h4-6H,1-3H2/t4-,5-/m0/s1. The molecule has 2 atom stereocenters. The molecule has 2 nitrogen and oxygen atoms in total. The van der Waals surface area contributed by atoms with Gasteiger partial charge in [0.2, 0.25) is 0 Å². The highest BCUT2D eigenvalue weighted by atomic mass is 15.1. The molecule has 2 aliphatic heterocycles. The van der Waals surface area contributed by atoms with Gasteiger partial charge in [0.1, 0.15) is 0 Å². The van der Waals surface area contributed by atoms with Crippen LogP contribution in [0.2, 0.25) is 0 Å². The predicted molar refractivity (Wildman–Crippen MR) is 27.2 cm³/mol. The van der Waals surface area contributed by atoms with Crippen LogP contribution in [0.4, 0.5) is 0 Å². The molecule has 2 saturated heterocycles. The quantitative estimate of drug-likeness (QED) is 0.426. The minimum atomic E-state index is 0.685. The Morgan fingerprint density at radius 3 is 2.71 bits per heavy atom. The Morgan fingerprint density at radius 1 is 1.57 bits per heavy atom. The Bertz CT molecular complexity index is 64.1. The molecule has 2 rings (SSSR count). The van der Waals surface area contributed by atoms with Crippen LogP contribution in [-0.4, -0.2) is 25.2 Å². The van der Waals surface area contributed by atoms with Gasteiger partial charge < -0.3 is 5.32 Å². The summed E-state index contributed by atoms with van der Waals surface area (Å²) in [7, 11) is 0. The topological polar surface area (TPSA) is 26.1 Å². The van der Waals surface area contributed by atoms with Crippen LogP contribution >= 0.6 is 0 Å². The highest BCUT2D eigenvalue weighted by molar-refractivity contribution is 4.94. The van der Waals surface area contributed by atoms with Crippen LogP contribution in [0.25, 0.3) is 0 Å². The largest absolute Gasteiger partial charge is 0.311 e. The van der Waals surface area contributed by atoms with Crippen molar-refractivity contribution < 1.29 is 0 Å². The van der Waals surface area contributed by atoms with Gasteiger partial charge in [-0.1, -0.05) is 0 Å². The molecule has 0 aromatic heterocycles. The van der Waals surface area contributed by atoms with Gasteiger partial charge in [0, 0.05) is 25.2 Å². The number of hydrogen-bond acceptors (Lipinski definition) is 1. The molecule has 2 bridgehead atoms. The van der Waals surface area contributed by atoms with Crippen molar-refractivity contribution in [2.75, 3.05) is 13.1 Å². The molecule has 0 amide bonds. The van der Waals surface area contributed by atoms with Gasteiger partial charge in [-0.15, -0.1) is 0 Å². The van der Waals surface area contributed by atoms with Gasteiger partial charge in [0.25, 0.3) is 0 Å². The maximum Gasteiger partial charge on any atom is 0.0386 e. The Balaban J connectivity index is 2.12. The molecule has 2 heterocycles. The summed E-state index contributed by atoms with van der Waals surface area (Å²) in [5.74, 6) is 0. The average Bonchev–Trinajstić information content (AvgIpc) is 2.22. The lowest BCUT2D eigenvalue weighted by atomic mass is 10.3. The van der Waals surface area contributed by atoms with Crippen LogP contribution in [0, 0.1) is 0 Å². The lowest BCUT2D eigenvalue weighted by Crippen LogP contribution is -2.35. The van der Waals surface area contributed by atoms with E-state index in [1.165, 1.54) is 6.42 Å². The fourth-order valence-corrected chi connectivity index (χ4v) is 1.35. The second kappa shape index (κ2) is 1.20. The van der Waals surface area contributed by atoms with Crippen molar-refractivity contribution in [2.45, 2.75) is 18.5 Å². The molecule has 2 heteroatoms. The lowest BCUT2D eigenvalue weighted by molar-refractivity contribution is 0.519. The van der Waals surface area contributed by atoms with E-state index in [0.29, 0.717) is 6.04 Å². The summed E-state index contributed by atoms with van der Waals surface area (Å²) in [6, 6.07) is 1.44. The van der Waals surface area contributed by atoms with Crippen LogP contribution in [-0.2, 0) is 0 Å². The highest BCUT2D eigenvalue weighted by Gasteiger charge is 2.30. The highest BCUT2D eigenvalue weighted by Crippen LogP contribution is 2.13. The maximum atomic E-state index is 4.34. The van der Waals surface area contributed by atoms with Gasteiger partial charge in [-0.25, -0.2) is 5.32 Å². The monoisotopic (exact) mass is 97.1 g/mol. The molecular weight excluding hydrogens is 88.1 g/mol. The number of hydrogen-bond donors (Lipinski definition) is 1. The third kappa shape index (κ3) is 0.469. The van der Waals surface area contributed by atoms with Crippen molar-refractivity contribution in [1.29, 1.82) is 0 Å². The molecule has 0 saturated carbocycles. The predicted octanol–water partition coefficient (Wildman–Crippen LogP) is -0.665. The Labute approximate surface area is 43.3 Å². The Hall–Kier alpha value is -0.0800. The van der Waals surface area contributed by atoms with Crippen LogP contribution < -0.4 is 10.6 Å². The first-order chi connectivity index (χ1) is 3.45. The molecule has 7 heavy (non-hydrogen) atoms.